The summed E-state index contributed by atoms with van der Waals surface area (Å²) in [4.78, 5) is 24.8. The van der Waals surface area contributed by atoms with Gasteiger partial charge in [0.25, 0.3) is 0 Å². The number of carbonyl (C=O) groups excluding carboxylic acids is 2. The summed E-state index contributed by atoms with van der Waals surface area (Å²) in [7, 11) is 1.52. The van der Waals surface area contributed by atoms with Gasteiger partial charge in [0.2, 0.25) is 6.79 Å². The fraction of sp³-hybridized carbons (Fsp3) is 0.250. The summed E-state index contributed by atoms with van der Waals surface area (Å²) in [5.41, 5.74) is 0.442. The monoisotopic (exact) mass is 382 g/mol. The van der Waals surface area contributed by atoms with E-state index in [2.05, 4.69) is 10.6 Å². The Morgan fingerprint density at radius 1 is 1.24 bits per heavy atom. The molecule has 0 aliphatic carbocycles. The third kappa shape index (κ3) is 4.22. The van der Waals surface area contributed by atoms with E-state index in [0.29, 0.717) is 21.5 Å². The van der Waals surface area contributed by atoms with Gasteiger partial charge >= 0.3 is 11.8 Å². The van der Waals surface area contributed by atoms with Gasteiger partial charge < -0.3 is 24.8 Å². The normalized spacial score (nSPS) is 13.4. The first kappa shape index (κ1) is 17.5. The van der Waals surface area contributed by atoms with Crippen LogP contribution in [0.15, 0.2) is 30.3 Å². The van der Waals surface area contributed by atoms with E-state index in [1.807, 2.05) is 6.07 Å². The number of fused-ring (bicyclic) bond motifs is 1. The zero-order valence-electron chi connectivity index (χ0n) is 13.2. The van der Waals surface area contributed by atoms with Gasteiger partial charge in [-0.05, 0) is 24.3 Å². The molecule has 2 heterocycles. The second-order valence-electron chi connectivity index (χ2n) is 5.10. The fourth-order valence-corrected chi connectivity index (χ4v) is 3.37. The molecule has 0 spiro atoms. The summed E-state index contributed by atoms with van der Waals surface area (Å²) in [6.07, 6.45) is -0.375. The van der Waals surface area contributed by atoms with Gasteiger partial charge in [0.1, 0.15) is 6.10 Å². The van der Waals surface area contributed by atoms with Crippen LogP contribution < -0.4 is 20.1 Å². The molecular formula is C16H15ClN2O5S. The van der Waals surface area contributed by atoms with Crippen LogP contribution in [0.4, 0.5) is 5.69 Å². The van der Waals surface area contributed by atoms with Crippen LogP contribution in [-0.4, -0.2) is 32.3 Å². The summed E-state index contributed by atoms with van der Waals surface area (Å²) in [6.45, 7) is 0.291. The smallest absolute Gasteiger partial charge is 0.313 e. The van der Waals surface area contributed by atoms with Crippen molar-refractivity contribution in [2.75, 3.05) is 25.8 Å². The second kappa shape index (κ2) is 7.73. The minimum absolute atomic E-state index is 0.137. The largest absolute Gasteiger partial charge is 0.454 e. The standard InChI is InChI=1S/C16H15ClN2O5S/c1-22-12(13-4-5-14(17)25-13)7-18-15(20)16(21)19-9-2-3-10-11(6-9)24-8-23-10/h2-6,12H,7-8H2,1H3,(H,18,20)(H,19,21). The van der Waals surface area contributed by atoms with Crippen molar-refractivity contribution in [3.05, 3.63) is 39.5 Å². The lowest BCUT2D eigenvalue weighted by atomic mass is 10.2. The highest BCUT2D eigenvalue weighted by molar-refractivity contribution is 7.16. The van der Waals surface area contributed by atoms with E-state index in [1.165, 1.54) is 18.4 Å². The number of hydrogen-bond acceptors (Lipinski definition) is 6. The summed E-state index contributed by atoms with van der Waals surface area (Å²) < 4.78 is 16.4. The maximum atomic E-state index is 12.0. The van der Waals surface area contributed by atoms with Gasteiger partial charge in [-0.15, -0.1) is 11.3 Å². The molecule has 1 aliphatic rings. The van der Waals surface area contributed by atoms with Crippen molar-refractivity contribution < 1.29 is 23.8 Å². The van der Waals surface area contributed by atoms with Gasteiger partial charge in [0.15, 0.2) is 11.5 Å². The first-order valence-electron chi connectivity index (χ1n) is 7.33. The van der Waals surface area contributed by atoms with Crippen molar-refractivity contribution in [1.82, 2.24) is 5.32 Å². The Kier molecular flexibility index (Phi) is 5.42. The average molecular weight is 383 g/mol. The van der Waals surface area contributed by atoms with Crippen molar-refractivity contribution in [2.24, 2.45) is 0 Å². The molecule has 0 saturated carbocycles. The number of benzene rings is 1. The van der Waals surface area contributed by atoms with Crippen LogP contribution in [0.25, 0.3) is 0 Å². The van der Waals surface area contributed by atoms with Gasteiger partial charge in [0, 0.05) is 30.3 Å². The molecule has 1 atom stereocenters. The highest BCUT2D eigenvalue weighted by atomic mass is 35.5. The molecule has 1 aromatic carbocycles. The first-order chi connectivity index (χ1) is 12.1. The van der Waals surface area contributed by atoms with E-state index < -0.39 is 11.8 Å². The Hall–Kier alpha value is -2.29. The Morgan fingerprint density at radius 3 is 2.76 bits per heavy atom. The van der Waals surface area contributed by atoms with E-state index in [-0.39, 0.29) is 19.4 Å². The molecule has 1 aliphatic heterocycles. The van der Waals surface area contributed by atoms with E-state index in [0.717, 1.165) is 4.88 Å². The lowest BCUT2D eigenvalue weighted by Crippen LogP contribution is -2.37. The number of ether oxygens (including phenoxy) is 3. The zero-order valence-corrected chi connectivity index (χ0v) is 14.8. The molecule has 132 valence electrons. The van der Waals surface area contributed by atoms with Gasteiger partial charge in [0.05, 0.1) is 4.34 Å². The fourth-order valence-electron chi connectivity index (χ4n) is 2.23. The van der Waals surface area contributed by atoms with Crippen LogP contribution in [0.3, 0.4) is 0 Å². The molecule has 9 heteroatoms. The molecule has 0 saturated heterocycles. The van der Waals surface area contributed by atoms with Crippen LogP contribution in [0.5, 0.6) is 11.5 Å². The highest BCUT2D eigenvalue weighted by Crippen LogP contribution is 2.34. The Labute approximate surface area is 152 Å². The molecule has 2 N–H and O–H groups in total. The number of halogens is 1. The lowest BCUT2D eigenvalue weighted by Gasteiger charge is -2.14. The first-order valence-corrected chi connectivity index (χ1v) is 8.53. The van der Waals surface area contributed by atoms with Crippen LogP contribution >= 0.6 is 22.9 Å². The summed E-state index contributed by atoms with van der Waals surface area (Å²) >= 11 is 7.25. The van der Waals surface area contributed by atoms with Crippen molar-refractivity contribution in [3.63, 3.8) is 0 Å². The van der Waals surface area contributed by atoms with Crippen LogP contribution in [-0.2, 0) is 14.3 Å². The van der Waals surface area contributed by atoms with Gasteiger partial charge in [-0.1, -0.05) is 11.6 Å². The van der Waals surface area contributed by atoms with Crippen molar-refractivity contribution in [1.29, 1.82) is 0 Å². The van der Waals surface area contributed by atoms with E-state index in [1.54, 1.807) is 24.3 Å². The Morgan fingerprint density at radius 2 is 2.04 bits per heavy atom. The van der Waals surface area contributed by atoms with Crippen LogP contribution in [0, 0.1) is 0 Å². The van der Waals surface area contributed by atoms with Crippen molar-refractivity contribution >= 4 is 40.4 Å². The molecule has 7 nitrogen and oxygen atoms in total. The SMILES string of the molecule is COC(CNC(=O)C(=O)Nc1ccc2c(c1)OCO2)c1ccc(Cl)s1. The number of rotatable bonds is 5. The molecule has 0 fully saturated rings. The third-order valence-corrected chi connectivity index (χ3v) is 4.80. The summed E-state index contributed by atoms with van der Waals surface area (Å²) in [5.74, 6) is -0.424. The van der Waals surface area contributed by atoms with Crippen LogP contribution in [0.1, 0.15) is 11.0 Å². The number of anilines is 1. The number of amides is 2. The number of carbonyl (C=O) groups is 2. The molecule has 2 amide bonds. The van der Waals surface area contributed by atoms with Crippen LogP contribution in [0.2, 0.25) is 4.34 Å². The number of hydrogen-bond donors (Lipinski definition) is 2. The lowest BCUT2D eigenvalue weighted by molar-refractivity contribution is -0.136. The number of thiophene rings is 1. The molecule has 25 heavy (non-hydrogen) atoms. The Balaban J connectivity index is 1.54. The van der Waals surface area contributed by atoms with E-state index >= 15 is 0 Å². The summed E-state index contributed by atoms with van der Waals surface area (Å²) in [6, 6.07) is 8.46. The quantitative estimate of drug-likeness (QED) is 0.776. The van der Waals surface area contributed by atoms with E-state index in [4.69, 9.17) is 25.8 Å². The van der Waals surface area contributed by atoms with Gasteiger partial charge in [-0.25, -0.2) is 0 Å². The zero-order chi connectivity index (χ0) is 17.8. The van der Waals surface area contributed by atoms with Crippen molar-refractivity contribution in [3.8, 4) is 11.5 Å². The predicted molar refractivity (Wildman–Crippen MR) is 93.3 cm³/mol. The molecule has 1 unspecified atom stereocenters. The number of nitrogens with one attached hydrogen (secondary N) is 2. The topological polar surface area (TPSA) is 85.9 Å². The average Bonchev–Trinajstić information content (AvgIpc) is 3.23. The van der Waals surface area contributed by atoms with Gasteiger partial charge in [-0.2, -0.15) is 0 Å². The molecular weight excluding hydrogens is 368 g/mol. The third-order valence-electron chi connectivity index (χ3n) is 3.48. The Bertz CT molecular complexity index is 795. The number of methoxy groups -OCH3 is 1. The highest BCUT2D eigenvalue weighted by Gasteiger charge is 2.20. The summed E-state index contributed by atoms with van der Waals surface area (Å²) in [5, 5.41) is 5.06. The minimum Gasteiger partial charge on any atom is -0.454 e. The predicted octanol–water partition coefficient (Wildman–Crippen LogP) is 2.57. The van der Waals surface area contributed by atoms with E-state index in [9.17, 15) is 9.59 Å². The maximum Gasteiger partial charge on any atom is 0.313 e. The second-order valence-corrected chi connectivity index (χ2v) is 6.85. The molecule has 2 aromatic rings. The van der Waals surface area contributed by atoms with Gasteiger partial charge in [-0.3, -0.25) is 9.59 Å². The maximum absolute atomic E-state index is 12.0. The van der Waals surface area contributed by atoms with Crippen molar-refractivity contribution in [2.45, 2.75) is 6.10 Å². The minimum atomic E-state index is -0.780. The molecule has 0 radical (unpaired) electrons. The molecule has 1 aromatic heterocycles. The molecule has 3 rings (SSSR count). The molecule has 0 bridgehead atoms.